The molecule has 0 radical (unpaired) electrons. The van der Waals surface area contributed by atoms with Gasteiger partial charge in [-0.15, -0.1) is 0 Å². The maximum absolute atomic E-state index is 13.0. The lowest BCUT2D eigenvalue weighted by molar-refractivity contribution is 0.101. The molecule has 2 aromatic carbocycles. The summed E-state index contributed by atoms with van der Waals surface area (Å²) in [5.74, 6) is -0.576. The molecule has 0 aliphatic carbocycles. The molecule has 7 heteroatoms. The minimum absolute atomic E-state index is 0.198. The van der Waals surface area contributed by atoms with Crippen LogP contribution in [0.2, 0.25) is 5.15 Å². The topological polar surface area (TPSA) is 74.3 Å². The number of halogens is 1. The molecule has 1 aromatic heterocycles. The molecule has 166 valence electrons. The summed E-state index contributed by atoms with van der Waals surface area (Å²) in [4.78, 5) is 31.7. The van der Waals surface area contributed by atoms with E-state index in [4.69, 9.17) is 11.6 Å². The van der Waals surface area contributed by atoms with Gasteiger partial charge in [0.2, 0.25) is 0 Å². The average Bonchev–Trinajstić information content (AvgIpc) is 2.77. The number of aryl methyl sites for hydroxylation is 2. The predicted octanol–water partition coefficient (Wildman–Crippen LogP) is 5.70. The van der Waals surface area contributed by atoms with Gasteiger partial charge in [0, 0.05) is 35.7 Å². The van der Waals surface area contributed by atoms with E-state index in [-0.39, 0.29) is 22.7 Å². The second kappa shape index (κ2) is 10.3. The molecule has 32 heavy (non-hydrogen) atoms. The zero-order chi connectivity index (χ0) is 23.3. The number of amides is 2. The molecule has 3 aromatic rings. The molecule has 0 unspecified atom stereocenters. The van der Waals surface area contributed by atoms with Gasteiger partial charge in [-0.1, -0.05) is 23.7 Å². The molecule has 2 N–H and O–H groups in total. The van der Waals surface area contributed by atoms with Crippen LogP contribution in [-0.2, 0) is 0 Å². The number of rotatable bonds is 7. The van der Waals surface area contributed by atoms with E-state index >= 15 is 0 Å². The summed E-state index contributed by atoms with van der Waals surface area (Å²) in [7, 11) is 0. The van der Waals surface area contributed by atoms with E-state index in [0.717, 1.165) is 29.9 Å². The molecular formula is C25H27ClN4O2. The van der Waals surface area contributed by atoms with Crippen LogP contribution in [0.15, 0.2) is 54.6 Å². The third kappa shape index (κ3) is 5.45. The summed E-state index contributed by atoms with van der Waals surface area (Å²) < 4.78 is 0. The summed E-state index contributed by atoms with van der Waals surface area (Å²) in [6.45, 7) is 9.86. The van der Waals surface area contributed by atoms with Crippen molar-refractivity contribution in [2.24, 2.45) is 0 Å². The van der Waals surface area contributed by atoms with Crippen molar-refractivity contribution in [3.8, 4) is 0 Å². The summed E-state index contributed by atoms with van der Waals surface area (Å²) in [6.07, 6.45) is 0. The number of benzene rings is 2. The van der Waals surface area contributed by atoms with Crippen LogP contribution in [0.1, 0.15) is 45.8 Å². The summed E-state index contributed by atoms with van der Waals surface area (Å²) >= 11 is 5.87. The van der Waals surface area contributed by atoms with Crippen molar-refractivity contribution in [3.63, 3.8) is 0 Å². The fraction of sp³-hybridized carbons (Fsp3) is 0.240. The van der Waals surface area contributed by atoms with Gasteiger partial charge in [-0.2, -0.15) is 0 Å². The first-order chi connectivity index (χ1) is 15.3. The van der Waals surface area contributed by atoms with Gasteiger partial charge in [0.15, 0.2) is 0 Å². The molecule has 0 bridgehead atoms. The quantitative estimate of drug-likeness (QED) is 0.452. The van der Waals surface area contributed by atoms with Crippen LogP contribution >= 0.6 is 11.6 Å². The van der Waals surface area contributed by atoms with Crippen LogP contribution < -0.4 is 15.5 Å². The molecule has 3 rings (SSSR count). The van der Waals surface area contributed by atoms with Gasteiger partial charge in [-0.3, -0.25) is 9.59 Å². The Balaban J connectivity index is 1.77. The number of nitrogens with zero attached hydrogens (tertiary/aromatic N) is 2. The van der Waals surface area contributed by atoms with E-state index in [2.05, 4.69) is 34.4 Å². The highest BCUT2D eigenvalue weighted by atomic mass is 35.5. The van der Waals surface area contributed by atoms with Crippen LogP contribution in [0.4, 0.5) is 17.1 Å². The van der Waals surface area contributed by atoms with Gasteiger partial charge < -0.3 is 15.5 Å². The second-order valence-corrected chi connectivity index (χ2v) is 7.84. The Labute approximate surface area is 193 Å². The van der Waals surface area contributed by atoms with Crippen LogP contribution in [0.25, 0.3) is 0 Å². The van der Waals surface area contributed by atoms with Crippen molar-refractivity contribution in [3.05, 3.63) is 82.1 Å². The fourth-order valence-corrected chi connectivity index (χ4v) is 3.61. The highest BCUT2D eigenvalue weighted by molar-refractivity contribution is 6.29. The molecule has 0 aliphatic rings. The van der Waals surface area contributed by atoms with E-state index in [1.165, 1.54) is 0 Å². The van der Waals surface area contributed by atoms with E-state index in [1.807, 2.05) is 38.1 Å². The Morgan fingerprint density at radius 3 is 2.31 bits per heavy atom. The standard InChI is InChI=1S/C25H27ClN4O2/c1-5-30(6-2)19-12-13-20(17(4)14-19)24(31)29-22-15-18(11-10-16(22)3)27-25(32)21-8-7-9-23(26)28-21/h7-15H,5-6H2,1-4H3,(H,27,32)(H,29,31). The zero-order valence-electron chi connectivity index (χ0n) is 18.7. The summed E-state index contributed by atoms with van der Waals surface area (Å²) in [5.41, 5.74) is 4.88. The van der Waals surface area contributed by atoms with Crippen molar-refractivity contribution in [2.45, 2.75) is 27.7 Å². The molecule has 0 saturated heterocycles. The molecule has 6 nitrogen and oxygen atoms in total. The molecule has 1 heterocycles. The molecule has 2 amide bonds. The molecular weight excluding hydrogens is 424 g/mol. The van der Waals surface area contributed by atoms with Gasteiger partial charge in [-0.25, -0.2) is 4.98 Å². The summed E-state index contributed by atoms with van der Waals surface area (Å²) in [5, 5.41) is 6.01. The van der Waals surface area contributed by atoms with E-state index < -0.39 is 0 Å². The number of aromatic nitrogens is 1. The number of pyridine rings is 1. The monoisotopic (exact) mass is 450 g/mol. The largest absolute Gasteiger partial charge is 0.372 e. The number of nitrogens with one attached hydrogen (secondary N) is 2. The van der Waals surface area contributed by atoms with E-state index in [9.17, 15) is 9.59 Å². The minimum atomic E-state index is -0.378. The Kier molecular flexibility index (Phi) is 7.49. The molecule has 0 atom stereocenters. The summed E-state index contributed by atoms with van der Waals surface area (Å²) in [6, 6.07) is 16.1. The van der Waals surface area contributed by atoms with Crippen LogP contribution in [-0.4, -0.2) is 29.9 Å². The minimum Gasteiger partial charge on any atom is -0.372 e. The van der Waals surface area contributed by atoms with Gasteiger partial charge in [-0.05, 0) is 81.3 Å². The molecule has 0 saturated carbocycles. The number of hydrogen-bond acceptors (Lipinski definition) is 4. The molecule has 0 spiro atoms. The SMILES string of the molecule is CCN(CC)c1ccc(C(=O)Nc2cc(NC(=O)c3cccc(Cl)n3)ccc2C)c(C)c1. The number of hydrogen-bond donors (Lipinski definition) is 2. The lowest BCUT2D eigenvalue weighted by atomic mass is 10.1. The van der Waals surface area contributed by atoms with Gasteiger partial charge in [0.25, 0.3) is 11.8 Å². The first-order valence-electron chi connectivity index (χ1n) is 10.5. The van der Waals surface area contributed by atoms with E-state index in [1.54, 1.807) is 30.3 Å². The van der Waals surface area contributed by atoms with Crippen molar-refractivity contribution in [1.82, 2.24) is 4.98 Å². The van der Waals surface area contributed by atoms with Gasteiger partial charge in [0.05, 0.1) is 0 Å². The van der Waals surface area contributed by atoms with Gasteiger partial charge in [0.1, 0.15) is 10.8 Å². The van der Waals surface area contributed by atoms with Crippen LogP contribution in [0.3, 0.4) is 0 Å². The van der Waals surface area contributed by atoms with Crippen molar-refractivity contribution >= 4 is 40.5 Å². The van der Waals surface area contributed by atoms with Crippen molar-refractivity contribution < 1.29 is 9.59 Å². The normalized spacial score (nSPS) is 10.5. The third-order valence-electron chi connectivity index (χ3n) is 5.27. The Bertz CT molecular complexity index is 1140. The first kappa shape index (κ1) is 23.3. The lowest BCUT2D eigenvalue weighted by Gasteiger charge is -2.22. The van der Waals surface area contributed by atoms with E-state index in [0.29, 0.717) is 16.9 Å². The Hall–Kier alpha value is -3.38. The average molecular weight is 451 g/mol. The first-order valence-corrected chi connectivity index (χ1v) is 10.9. The third-order valence-corrected chi connectivity index (χ3v) is 5.49. The number of carbonyl (C=O) groups is 2. The second-order valence-electron chi connectivity index (χ2n) is 7.46. The molecule has 0 fully saturated rings. The highest BCUT2D eigenvalue weighted by Gasteiger charge is 2.14. The van der Waals surface area contributed by atoms with Crippen LogP contribution in [0, 0.1) is 13.8 Å². The van der Waals surface area contributed by atoms with Crippen LogP contribution in [0.5, 0.6) is 0 Å². The highest BCUT2D eigenvalue weighted by Crippen LogP contribution is 2.24. The smallest absolute Gasteiger partial charge is 0.274 e. The van der Waals surface area contributed by atoms with Crippen molar-refractivity contribution in [1.29, 1.82) is 0 Å². The Morgan fingerprint density at radius 1 is 0.906 bits per heavy atom. The predicted molar refractivity (Wildman–Crippen MR) is 131 cm³/mol. The maximum Gasteiger partial charge on any atom is 0.274 e. The fourth-order valence-electron chi connectivity index (χ4n) is 3.44. The number of anilines is 3. The zero-order valence-corrected chi connectivity index (χ0v) is 19.5. The molecule has 0 aliphatic heterocycles. The van der Waals surface area contributed by atoms with Crippen molar-refractivity contribution in [2.75, 3.05) is 28.6 Å². The Morgan fingerprint density at radius 2 is 1.66 bits per heavy atom. The van der Waals surface area contributed by atoms with Gasteiger partial charge >= 0.3 is 0 Å². The lowest BCUT2D eigenvalue weighted by Crippen LogP contribution is -2.22. The number of carbonyl (C=O) groups excluding carboxylic acids is 2. The maximum atomic E-state index is 13.0.